The predicted molar refractivity (Wildman–Crippen MR) is 43.6 cm³/mol. The maximum Gasteiger partial charge on any atom is 0.0272 e. The van der Waals surface area contributed by atoms with E-state index in [1.165, 1.54) is 12.0 Å². The molecule has 1 fully saturated rings. The van der Waals surface area contributed by atoms with E-state index < -0.39 is 0 Å². The average Bonchev–Trinajstić information content (AvgIpc) is 2.41. The summed E-state index contributed by atoms with van der Waals surface area (Å²) in [6.45, 7) is 4.10. The summed E-state index contributed by atoms with van der Waals surface area (Å²) in [6.07, 6.45) is 4.37. The van der Waals surface area contributed by atoms with Crippen molar-refractivity contribution in [3.8, 4) is 11.8 Å². The Morgan fingerprint density at radius 1 is 1.70 bits per heavy atom. The first-order valence-electron chi connectivity index (χ1n) is 3.71. The third-order valence-electron chi connectivity index (χ3n) is 1.64. The van der Waals surface area contributed by atoms with Crippen LogP contribution in [0.15, 0.2) is 11.6 Å². The van der Waals surface area contributed by atoms with Crippen LogP contribution in [0.3, 0.4) is 0 Å². The van der Waals surface area contributed by atoms with E-state index in [2.05, 4.69) is 23.2 Å². The summed E-state index contributed by atoms with van der Waals surface area (Å²) >= 11 is 0. The van der Waals surface area contributed by atoms with E-state index in [1.807, 2.05) is 6.92 Å². The second kappa shape index (κ2) is 4.14. The van der Waals surface area contributed by atoms with E-state index in [0.717, 1.165) is 19.5 Å². The maximum atomic E-state index is 3.28. The first kappa shape index (κ1) is 7.37. The van der Waals surface area contributed by atoms with Crippen molar-refractivity contribution in [2.24, 2.45) is 0 Å². The van der Waals surface area contributed by atoms with Gasteiger partial charge in [-0.3, -0.25) is 0 Å². The highest BCUT2D eigenvalue weighted by Gasteiger charge is 2.02. The second-order valence-electron chi connectivity index (χ2n) is 2.42. The van der Waals surface area contributed by atoms with Gasteiger partial charge in [-0.15, -0.1) is 5.92 Å². The molecule has 1 heterocycles. The van der Waals surface area contributed by atoms with Crippen LogP contribution >= 0.6 is 0 Å². The summed E-state index contributed by atoms with van der Waals surface area (Å²) in [4.78, 5) is 0. The summed E-state index contributed by atoms with van der Waals surface area (Å²) in [7, 11) is 0. The van der Waals surface area contributed by atoms with Crippen molar-refractivity contribution >= 4 is 0 Å². The molecule has 0 unspecified atom stereocenters. The van der Waals surface area contributed by atoms with Gasteiger partial charge in [0.1, 0.15) is 0 Å². The molecule has 0 aliphatic carbocycles. The van der Waals surface area contributed by atoms with Crippen LogP contribution in [-0.4, -0.2) is 13.1 Å². The van der Waals surface area contributed by atoms with Gasteiger partial charge in [-0.25, -0.2) is 0 Å². The quantitative estimate of drug-likeness (QED) is 0.422. The zero-order chi connectivity index (χ0) is 7.23. The van der Waals surface area contributed by atoms with Gasteiger partial charge in [0.2, 0.25) is 0 Å². The van der Waals surface area contributed by atoms with E-state index in [0.29, 0.717) is 0 Å². The maximum absolute atomic E-state index is 3.28. The molecule has 1 nitrogen and oxygen atoms in total. The second-order valence-corrected chi connectivity index (χ2v) is 2.42. The third kappa shape index (κ3) is 2.24. The lowest BCUT2D eigenvalue weighted by atomic mass is 10.2. The van der Waals surface area contributed by atoms with E-state index >= 15 is 0 Å². The molecule has 0 aromatic rings. The van der Waals surface area contributed by atoms with Gasteiger partial charge in [0.05, 0.1) is 0 Å². The Labute approximate surface area is 62.5 Å². The minimum Gasteiger partial charge on any atom is -0.313 e. The molecule has 0 atom stereocenters. The highest BCUT2D eigenvalue weighted by molar-refractivity contribution is 5.13. The van der Waals surface area contributed by atoms with Gasteiger partial charge in [-0.1, -0.05) is 17.6 Å². The van der Waals surface area contributed by atoms with Crippen molar-refractivity contribution in [2.45, 2.75) is 19.8 Å². The van der Waals surface area contributed by atoms with E-state index in [4.69, 9.17) is 0 Å². The van der Waals surface area contributed by atoms with E-state index in [-0.39, 0.29) is 0 Å². The minimum atomic E-state index is 0.924. The van der Waals surface area contributed by atoms with Crippen molar-refractivity contribution in [3.05, 3.63) is 11.6 Å². The fourth-order valence-electron chi connectivity index (χ4n) is 1.06. The van der Waals surface area contributed by atoms with Crippen molar-refractivity contribution in [2.75, 3.05) is 13.1 Å². The standard InChI is InChI=1S/C9H13N/c1-2-3-4-5-9-6-7-10-8-9/h5,10H,4,6-8H2,1H3/b9-5-. The molecule has 0 saturated carbocycles. The van der Waals surface area contributed by atoms with Crippen LogP contribution < -0.4 is 5.32 Å². The number of rotatable bonds is 1. The molecule has 1 N–H and O–H groups in total. The molecule has 0 aromatic heterocycles. The van der Waals surface area contributed by atoms with Gasteiger partial charge in [0, 0.05) is 13.0 Å². The summed E-state index contributed by atoms with van der Waals surface area (Å²) < 4.78 is 0. The zero-order valence-corrected chi connectivity index (χ0v) is 6.41. The lowest BCUT2D eigenvalue weighted by Crippen LogP contribution is -2.04. The summed E-state index contributed by atoms with van der Waals surface area (Å²) in [5.41, 5.74) is 1.52. The fraction of sp³-hybridized carbons (Fsp3) is 0.556. The largest absolute Gasteiger partial charge is 0.313 e. The molecule has 0 bridgehead atoms. The van der Waals surface area contributed by atoms with Crippen LogP contribution in [0.5, 0.6) is 0 Å². The van der Waals surface area contributed by atoms with Crippen LogP contribution in [0.4, 0.5) is 0 Å². The molecule has 1 saturated heterocycles. The number of hydrogen-bond donors (Lipinski definition) is 1. The third-order valence-corrected chi connectivity index (χ3v) is 1.64. The van der Waals surface area contributed by atoms with Gasteiger partial charge in [-0.05, 0) is 19.9 Å². The minimum absolute atomic E-state index is 0.924. The van der Waals surface area contributed by atoms with Crippen molar-refractivity contribution in [1.29, 1.82) is 0 Å². The number of hydrogen-bond acceptors (Lipinski definition) is 1. The molecule has 0 amide bonds. The van der Waals surface area contributed by atoms with Crippen LogP contribution in [0, 0.1) is 11.8 Å². The zero-order valence-electron chi connectivity index (χ0n) is 6.41. The molecule has 0 aromatic carbocycles. The molecule has 0 radical (unpaired) electrons. The Kier molecular flexibility index (Phi) is 3.05. The Balaban J connectivity index is 2.29. The summed E-state index contributed by atoms with van der Waals surface area (Å²) in [5.74, 6) is 5.90. The van der Waals surface area contributed by atoms with Gasteiger partial charge in [0.15, 0.2) is 0 Å². The van der Waals surface area contributed by atoms with Gasteiger partial charge >= 0.3 is 0 Å². The van der Waals surface area contributed by atoms with Gasteiger partial charge in [-0.2, -0.15) is 0 Å². The Bertz CT molecular complexity index is 173. The smallest absolute Gasteiger partial charge is 0.0272 e. The lowest BCUT2D eigenvalue weighted by molar-refractivity contribution is 0.862. The molecular weight excluding hydrogens is 122 g/mol. The molecule has 1 aliphatic heterocycles. The van der Waals surface area contributed by atoms with Gasteiger partial charge in [0.25, 0.3) is 0 Å². The van der Waals surface area contributed by atoms with Crippen LogP contribution in [0.2, 0.25) is 0 Å². The SMILES string of the molecule is CC#CC/C=C1/CCNC1. The number of allylic oxidation sites excluding steroid dienone is 1. The first-order valence-corrected chi connectivity index (χ1v) is 3.71. The van der Waals surface area contributed by atoms with Crippen molar-refractivity contribution in [1.82, 2.24) is 5.32 Å². The predicted octanol–water partition coefficient (Wildman–Crippen LogP) is 1.32. The molecule has 1 aliphatic rings. The molecule has 0 spiro atoms. The monoisotopic (exact) mass is 135 g/mol. The van der Waals surface area contributed by atoms with Crippen molar-refractivity contribution < 1.29 is 0 Å². The lowest BCUT2D eigenvalue weighted by Gasteiger charge is -1.88. The highest BCUT2D eigenvalue weighted by Crippen LogP contribution is 2.05. The Morgan fingerprint density at radius 3 is 3.20 bits per heavy atom. The topological polar surface area (TPSA) is 12.0 Å². The molecular formula is C9H13N. The van der Waals surface area contributed by atoms with Crippen molar-refractivity contribution in [3.63, 3.8) is 0 Å². The normalized spacial score (nSPS) is 20.7. The van der Waals surface area contributed by atoms with E-state index in [9.17, 15) is 0 Å². The van der Waals surface area contributed by atoms with Crippen LogP contribution in [-0.2, 0) is 0 Å². The summed E-state index contributed by atoms with van der Waals surface area (Å²) in [5, 5.41) is 3.28. The first-order chi connectivity index (χ1) is 4.93. The highest BCUT2D eigenvalue weighted by atomic mass is 14.9. The Hall–Kier alpha value is -0.740. The molecule has 54 valence electrons. The Morgan fingerprint density at radius 2 is 2.60 bits per heavy atom. The van der Waals surface area contributed by atoms with Crippen LogP contribution in [0.25, 0.3) is 0 Å². The number of nitrogens with one attached hydrogen (secondary N) is 1. The van der Waals surface area contributed by atoms with Gasteiger partial charge < -0.3 is 5.32 Å². The fourth-order valence-corrected chi connectivity index (χ4v) is 1.06. The average molecular weight is 135 g/mol. The molecule has 10 heavy (non-hydrogen) atoms. The van der Waals surface area contributed by atoms with E-state index in [1.54, 1.807) is 0 Å². The summed E-state index contributed by atoms with van der Waals surface area (Å²) in [6, 6.07) is 0. The molecule has 1 heteroatoms. The van der Waals surface area contributed by atoms with Crippen LogP contribution in [0.1, 0.15) is 19.8 Å². The molecule has 1 rings (SSSR count).